The Morgan fingerprint density at radius 1 is 0.857 bits per heavy atom. The van der Waals surface area contributed by atoms with Crippen LogP contribution in [0.1, 0.15) is 0 Å². The standard InChI is InChI=1S/BCl3O3/c2-5-1(6-3)7-4. The van der Waals surface area contributed by atoms with Crippen LogP contribution in [0.5, 0.6) is 0 Å². The van der Waals surface area contributed by atoms with Crippen molar-refractivity contribution in [3.8, 4) is 0 Å². The second-order valence-corrected chi connectivity index (χ2v) is 1.09. The van der Waals surface area contributed by atoms with Crippen molar-refractivity contribution in [3.05, 3.63) is 0 Å². The van der Waals surface area contributed by atoms with Gasteiger partial charge in [0.2, 0.25) is 0 Å². The highest BCUT2D eigenvalue weighted by Crippen LogP contribution is 1.98. The van der Waals surface area contributed by atoms with Gasteiger partial charge < -0.3 is 0 Å². The van der Waals surface area contributed by atoms with E-state index in [4.69, 9.17) is 0 Å². The molecule has 3 nitrogen and oxygen atoms in total. The molecule has 0 spiro atoms. The first-order valence-corrected chi connectivity index (χ1v) is 2.10. The second-order valence-electron chi connectivity index (χ2n) is 0.556. The molecule has 0 aliphatic heterocycles. The summed E-state index contributed by atoms with van der Waals surface area (Å²) in [6, 6.07) is 0. The van der Waals surface area contributed by atoms with E-state index in [0.717, 1.165) is 0 Å². The lowest BCUT2D eigenvalue weighted by molar-refractivity contribution is 0.350. The van der Waals surface area contributed by atoms with Crippen LogP contribution in [0.3, 0.4) is 0 Å². The predicted molar refractivity (Wildman–Crippen MR) is 26.6 cm³/mol. The summed E-state index contributed by atoms with van der Waals surface area (Å²) in [6.07, 6.45) is 0. The number of halogens is 3. The lowest BCUT2D eigenvalue weighted by atomic mass is 10.3. The minimum Gasteiger partial charge on any atom is -0.278 e. The van der Waals surface area contributed by atoms with Gasteiger partial charge in [-0.1, -0.05) is 0 Å². The molecule has 0 saturated heterocycles. The largest absolute Gasteiger partial charge is 0.690 e. The zero-order chi connectivity index (χ0) is 5.70. The van der Waals surface area contributed by atoms with Crippen LogP contribution >= 0.6 is 35.6 Å². The van der Waals surface area contributed by atoms with Gasteiger partial charge in [-0.25, -0.2) is 0 Å². The van der Waals surface area contributed by atoms with Crippen LogP contribution < -0.4 is 0 Å². The molecule has 42 valence electrons. The molecule has 0 aromatic rings. The van der Waals surface area contributed by atoms with Gasteiger partial charge in [0.05, 0.1) is 0 Å². The molecule has 0 unspecified atom stereocenters. The molecule has 7 heavy (non-hydrogen) atoms. The van der Waals surface area contributed by atoms with Gasteiger partial charge in [-0.15, -0.1) is 0 Å². The molecule has 7 heteroatoms. The normalized spacial score (nSPS) is 9.00. The van der Waals surface area contributed by atoms with E-state index in [1.54, 1.807) is 0 Å². The highest BCUT2D eigenvalue weighted by molar-refractivity contribution is 6.52. The fourth-order valence-corrected chi connectivity index (χ4v) is 0.371. The van der Waals surface area contributed by atoms with Gasteiger partial charge in [0, 0.05) is 35.6 Å². The number of rotatable bonds is 3. The minimum atomic E-state index is -1.22. The fraction of sp³-hybridized carbons (Fsp3) is 0. The van der Waals surface area contributed by atoms with Gasteiger partial charge in [0.25, 0.3) is 0 Å². The maximum Gasteiger partial charge on any atom is 0.690 e. The number of hydrogen-bond donors (Lipinski definition) is 0. The van der Waals surface area contributed by atoms with E-state index in [9.17, 15) is 0 Å². The molecular weight excluding hydrogens is 165 g/mol. The lowest BCUT2D eigenvalue weighted by Crippen LogP contribution is -2.13. The third-order valence-corrected chi connectivity index (χ3v) is 0.655. The Morgan fingerprint density at radius 2 is 1.14 bits per heavy atom. The van der Waals surface area contributed by atoms with Crippen LogP contribution in [0, 0.1) is 0 Å². The predicted octanol–water partition coefficient (Wildman–Crippen LogP) is 1.48. The van der Waals surface area contributed by atoms with Gasteiger partial charge in [-0.2, -0.15) is 0 Å². The van der Waals surface area contributed by atoms with Gasteiger partial charge in [0.15, 0.2) is 0 Å². The van der Waals surface area contributed by atoms with Crippen molar-refractivity contribution >= 4 is 42.9 Å². The molecule has 0 fully saturated rings. The van der Waals surface area contributed by atoms with Crippen LogP contribution in [0.2, 0.25) is 0 Å². The summed E-state index contributed by atoms with van der Waals surface area (Å²) in [5, 5.41) is 0. The Bertz CT molecular complexity index is 31.7. The van der Waals surface area contributed by atoms with Crippen molar-refractivity contribution in [2.24, 2.45) is 0 Å². The average Bonchev–Trinajstić information content (AvgIpc) is 1.72. The molecule has 0 heterocycles. The van der Waals surface area contributed by atoms with Crippen LogP contribution in [0.4, 0.5) is 0 Å². The number of hydrogen-bond acceptors (Lipinski definition) is 3. The molecule has 0 aliphatic carbocycles. The molecule has 0 aromatic heterocycles. The molecule has 0 aliphatic rings. The topological polar surface area (TPSA) is 27.7 Å². The third kappa shape index (κ3) is 3.40. The summed E-state index contributed by atoms with van der Waals surface area (Å²) in [5.74, 6) is 0. The Kier molecular flexibility index (Phi) is 5.54. The van der Waals surface area contributed by atoms with E-state index < -0.39 is 7.32 Å². The minimum absolute atomic E-state index is 1.22. The van der Waals surface area contributed by atoms with E-state index in [0.29, 0.717) is 0 Å². The average molecular weight is 165 g/mol. The smallest absolute Gasteiger partial charge is 0.278 e. The van der Waals surface area contributed by atoms with Crippen molar-refractivity contribution in [1.82, 2.24) is 0 Å². The van der Waals surface area contributed by atoms with Gasteiger partial charge in [-0.3, -0.25) is 12.6 Å². The van der Waals surface area contributed by atoms with Crippen LogP contribution in [-0.4, -0.2) is 7.32 Å². The van der Waals surface area contributed by atoms with E-state index in [1.165, 1.54) is 0 Å². The second kappa shape index (κ2) is 4.96. The Hall–Kier alpha value is 0.815. The molecule has 0 saturated carbocycles. The van der Waals surface area contributed by atoms with Crippen LogP contribution in [-0.2, 0) is 12.6 Å². The van der Waals surface area contributed by atoms with E-state index in [2.05, 4.69) is 48.2 Å². The molecule has 0 rings (SSSR count). The van der Waals surface area contributed by atoms with E-state index >= 15 is 0 Å². The monoisotopic (exact) mass is 164 g/mol. The summed E-state index contributed by atoms with van der Waals surface area (Å²) in [6.45, 7) is 0. The Morgan fingerprint density at radius 3 is 1.14 bits per heavy atom. The van der Waals surface area contributed by atoms with E-state index in [1.807, 2.05) is 0 Å². The van der Waals surface area contributed by atoms with E-state index in [-0.39, 0.29) is 0 Å². The highest BCUT2D eigenvalue weighted by Gasteiger charge is 2.19. The molecular formula is BCl3O3. The maximum atomic E-state index is 4.65. The zero-order valence-electron chi connectivity index (χ0n) is 2.94. The summed E-state index contributed by atoms with van der Waals surface area (Å²) >= 11 is 13.9. The SMILES string of the molecule is ClOB(OCl)OCl. The van der Waals surface area contributed by atoms with Crippen molar-refractivity contribution in [3.63, 3.8) is 0 Å². The third-order valence-electron chi connectivity index (χ3n) is 0.218. The van der Waals surface area contributed by atoms with Crippen LogP contribution in [0.15, 0.2) is 0 Å². The van der Waals surface area contributed by atoms with Gasteiger partial charge >= 0.3 is 7.32 Å². The van der Waals surface area contributed by atoms with Gasteiger partial charge in [-0.05, 0) is 0 Å². The summed E-state index contributed by atoms with van der Waals surface area (Å²) < 4.78 is 11.4. The Labute approximate surface area is 56.1 Å². The molecule has 0 radical (unpaired) electrons. The maximum absolute atomic E-state index is 4.65. The molecule has 0 amide bonds. The first-order valence-electron chi connectivity index (χ1n) is 1.17. The van der Waals surface area contributed by atoms with Crippen molar-refractivity contribution in [2.75, 3.05) is 0 Å². The molecule has 0 atom stereocenters. The van der Waals surface area contributed by atoms with Crippen molar-refractivity contribution in [2.45, 2.75) is 0 Å². The lowest BCUT2D eigenvalue weighted by Gasteiger charge is -1.93. The Balaban J connectivity index is 2.99. The van der Waals surface area contributed by atoms with Crippen molar-refractivity contribution < 1.29 is 12.6 Å². The quantitative estimate of drug-likeness (QED) is 0.593. The fourth-order valence-electron chi connectivity index (χ4n) is 0.0412. The summed E-state index contributed by atoms with van der Waals surface area (Å²) in [7, 11) is -1.22. The molecule has 0 aromatic carbocycles. The van der Waals surface area contributed by atoms with Crippen LogP contribution in [0.25, 0.3) is 0 Å². The zero-order valence-corrected chi connectivity index (χ0v) is 5.20. The molecule has 0 N–H and O–H groups in total. The molecule has 0 bridgehead atoms. The summed E-state index contributed by atoms with van der Waals surface area (Å²) in [5.41, 5.74) is 0. The first kappa shape index (κ1) is 7.81. The van der Waals surface area contributed by atoms with Crippen molar-refractivity contribution in [1.29, 1.82) is 0 Å². The van der Waals surface area contributed by atoms with Gasteiger partial charge in [0.1, 0.15) is 0 Å². The first-order chi connectivity index (χ1) is 3.35. The summed E-state index contributed by atoms with van der Waals surface area (Å²) in [4.78, 5) is 0. The highest BCUT2D eigenvalue weighted by atomic mass is 35.5.